The number of aliphatic hydroxyl groups is 1. The second kappa shape index (κ2) is 7.49. The number of anilines is 2. The summed E-state index contributed by atoms with van der Waals surface area (Å²) in [6, 6.07) is 10.1. The lowest BCUT2D eigenvalue weighted by Gasteiger charge is -2.34. The van der Waals surface area contributed by atoms with E-state index < -0.39 is 0 Å². The van der Waals surface area contributed by atoms with E-state index >= 15 is 0 Å². The van der Waals surface area contributed by atoms with Crippen molar-refractivity contribution in [3.05, 3.63) is 53.5 Å². The maximum Gasteiger partial charge on any atom is 0.144 e. The Kier molecular flexibility index (Phi) is 5.15. The van der Waals surface area contributed by atoms with Gasteiger partial charge in [0.1, 0.15) is 17.7 Å². The van der Waals surface area contributed by atoms with Gasteiger partial charge < -0.3 is 15.3 Å². The van der Waals surface area contributed by atoms with Crippen molar-refractivity contribution in [2.45, 2.75) is 31.9 Å². The van der Waals surface area contributed by atoms with Gasteiger partial charge in [-0.05, 0) is 50.1 Å². The Morgan fingerprint density at radius 1 is 1.36 bits per heavy atom. The third kappa shape index (κ3) is 3.89. The Bertz CT molecular complexity index is 781. The first-order valence-corrected chi connectivity index (χ1v) is 8.42. The van der Waals surface area contributed by atoms with Crippen molar-refractivity contribution in [3.63, 3.8) is 0 Å². The summed E-state index contributed by atoms with van der Waals surface area (Å²) in [6.07, 6.45) is 2.77. The summed E-state index contributed by atoms with van der Waals surface area (Å²) < 4.78 is 13.9. The summed E-state index contributed by atoms with van der Waals surface area (Å²) in [5.74, 6) is 0.188. The number of nitrogens with zero attached hydrogens (tertiary/aromatic N) is 3. The molecule has 1 saturated heterocycles. The number of pyridine rings is 1. The normalized spacial score (nSPS) is 16.3. The minimum absolute atomic E-state index is 0.223. The van der Waals surface area contributed by atoms with E-state index in [1.165, 1.54) is 12.1 Å². The van der Waals surface area contributed by atoms with Gasteiger partial charge >= 0.3 is 0 Å². The SMILES string of the molecule is C[C@H](Nc1ncccc1C#N)c1cc(F)ccc1N1CCC(O)CC1. The molecule has 0 aliphatic carbocycles. The topological polar surface area (TPSA) is 72.2 Å². The maximum absolute atomic E-state index is 13.9. The Balaban J connectivity index is 1.88. The minimum atomic E-state index is -0.300. The lowest BCUT2D eigenvalue weighted by Crippen LogP contribution is -2.36. The smallest absolute Gasteiger partial charge is 0.144 e. The van der Waals surface area contributed by atoms with Gasteiger partial charge in [0, 0.05) is 30.5 Å². The van der Waals surface area contributed by atoms with Gasteiger partial charge in [-0.3, -0.25) is 0 Å². The predicted octanol–water partition coefficient (Wildman–Crippen LogP) is 3.23. The van der Waals surface area contributed by atoms with Crippen LogP contribution in [0.25, 0.3) is 0 Å². The first-order chi connectivity index (χ1) is 12.1. The van der Waals surface area contributed by atoms with E-state index in [0.29, 0.717) is 24.2 Å². The van der Waals surface area contributed by atoms with Crippen molar-refractivity contribution in [3.8, 4) is 6.07 Å². The Hall–Kier alpha value is -2.65. The van der Waals surface area contributed by atoms with Gasteiger partial charge in [0.25, 0.3) is 0 Å². The Labute approximate surface area is 146 Å². The van der Waals surface area contributed by atoms with Crippen LogP contribution < -0.4 is 10.2 Å². The number of nitriles is 1. The van der Waals surface area contributed by atoms with E-state index in [2.05, 4.69) is 21.3 Å². The molecule has 1 aromatic carbocycles. The van der Waals surface area contributed by atoms with E-state index in [9.17, 15) is 14.8 Å². The lowest BCUT2D eigenvalue weighted by atomic mass is 10.0. The number of benzene rings is 1. The first kappa shape index (κ1) is 17.2. The summed E-state index contributed by atoms with van der Waals surface area (Å²) in [7, 11) is 0. The highest BCUT2D eigenvalue weighted by atomic mass is 19.1. The summed E-state index contributed by atoms with van der Waals surface area (Å²) >= 11 is 0. The fraction of sp³-hybridized carbons (Fsp3) is 0.368. The highest BCUT2D eigenvalue weighted by molar-refractivity contribution is 5.59. The molecule has 1 aliphatic rings. The van der Waals surface area contributed by atoms with E-state index in [4.69, 9.17) is 0 Å². The van der Waals surface area contributed by atoms with Crippen molar-refractivity contribution in [1.82, 2.24) is 4.98 Å². The molecule has 0 amide bonds. The highest BCUT2D eigenvalue weighted by Gasteiger charge is 2.22. The molecule has 0 unspecified atom stereocenters. The monoisotopic (exact) mass is 340 g/mol. The van der Waals surface area contributed by atoms with E-state index in [1.54, 1.807) is 24.4 Å². The number of piperidine rings is 1. The zero-order valence-electron chi connectivity index (χ0n) is 14.1. The van der Waals surface area contributed by atoms with Crippen LogP contribution in [0.3, 0.4) is 0 Å². The van der Waals surface area contributed by atoms with Crippen LogP contribution in [0.1, 0.15) is 36.9 Å². The van der Waals surface area contributed by atoms with Crippen LogP contribution in [0.15, 0.2) is 36.5 Å². The van der Waals surface area contributed by atoms with Gasteiger partial charge in [0.05, 0.1) is 17.7 Å². The van der Waals surface area contributed by atoms with Crippen LogP contribution in [0.5, 0.6) is 0 Å². The molecule has 1 aliphatic heterocycles. The van der Waals surface area contributed by atoms with Crippen LogP contribution in [0, 0.1) is 17.1 Å². The maximum atomic E-state index is 13.9. The molecule has 0 bridgehead atoms. The molecule has 2 N–H and O–H groups in total. The molecule has 130 valence electrons. The molecular formula is C19H21FN4O. The molecule has 0 spiro atoms. The number of hydrogen-bond donors (Lipinski definition) is 2. The average Bonchev–Trinajstić information content (AvgIpc) is 2.63. The first-order valence-electron chi connectivity index (χ1n) is 8.42. The Morgan fingerprint density at radius 3 is 2.84 bits per heavy atom. The zero-order chi connectivity index (χ0) is 17.8. The molecule has 3 rings (SSSR count). The highest BCUT2D eigenvalue weighted by Crippen LogP contribution is 2.31. The second-order valence-corrected chi connectivity index (χ2v) is 6.30. The summed E-state index contributed by atoms with van der Waals surface area (Å²) in [6.45, 7) is 3.39. The van der Waals surface area contributed by atoms with Crippen LogP contribution in [0.2, 0.25) is 0 Å². The standard InChI is InChI=1S/C19H21FN4O/c1-13(23-19-14(12-21)3-2-8-22-19)17-11-15(20)4-5-18(17)24-9-6-16(25)7-10-24/h2-5,8,11,13,16,25H,6-7,9-10H2,1H3,(H,22,23)/t13-/m0/s1. The lowest BCUT2D eigenvalue weighted by molar-refractivity contribution is 0.145. The molecule has 6 heteroatoms. The van der Waals surface area contributed by atoms with Crippen LogP contribution in [0.4, 0.5) is 15.9 Å². The van der Waals surface area contributed by atoms with E-state index in [1.807, 2.05) is 6.92 Å². The number of nitrogens with one attached hydrogen (secondary N) is 1. The van der Waals surface area contributed by atoms with Crippen LogP contribution in [-0.2, 0) is 0 Å². The predicted molar refractivity (Wildman–Crippen MR) is 94.8 cm³/mol. The average molecular weight is 340 g/mol. The number of aliphatic hydroxyl groups excluding tert-OH is 1. The molecule has 0 saturated carbocycles. The molecule has 1 aromatic heterocycles. The molecule has 1 atom stereocenters. The molecule has 5 nitrogen and oxygen atoms in total. The van der Waals surface area contributed by atoms with E-state index in [0.717, 1.165) is 24.3 Å². The largest absolute Gasteiger partial charge is 0.393 e. The van der Waals surface area contributed by atoms with Crippen molar-refractivity contribution in [2.75, 3.05) is 23.3 Å². The van der Waals surface area contributed by atoms with Crippen LogP contribution >= 0.6 is 0 Å². The fourth-order valence-corrected chi connectivity index (χ4v) is 3.16. The van der Waals surface area contributed by atoms with E-state index in [-0.39, 0.29) is 18.0 Å². The third-order valence-corrected chi connectivity index (χ3v) is 4.54. The number of rotatable bonds is 4. The number of hydrogen-bond acceptors (Lipinski definition) is 5. The molecule has 2 heterocycles. The minimum Gasteiger partial charge on any atom is -0.393 e. The quantitative estimate of drug-likeness (QED) is 0.894. The summed E-state index contributed by atoms with van der Waals surface area (Å²) in [5.41, 5.74) is 2.21. The van der Waals surface area contributed by atoms with Gasteiger partial charge in [-0.25, -0.2) is 9.37 Å². The van der Waals surface area contributed by atoms with Crippen molar-refractivity contribution in [1.29, 1.82) is 5.26 Å². The summed E-state index contributed by atoms with van der Waals surface area (Å²) in [4.78, 5) is 6.39. The number of halogens is 1. The van der Waals surface area contributed by atoms with Gasteiger partial charge in [-0.1, -0.05) is 0 Å². The Morgan fingerprint density at radius 2 is 2.12 bits per heavy atom. The molecule has 1 fully saturated rings. The fourth-order valence-electron chi connectivity index (χ4n) is 3.16. The molecule has 25 heavy (non-hydrogen) atoms. The summed E-state index contributed by atoms with van der Waals surface area (Å²) in [5, 5.41) is 22.1. The van der Waals surface area contributed by atoms with Crippen LogP contribution in [-0.4, -0.2) is 29.3 Å². The number of aromatic nitrogens is 1. The van der Waals surface area contributed by atoms with Gasteiger partial charge in [-0.2, -0.15) is 5.26 Å². The second-order valence-electron chi connectivity index (χ2n) is 6.30. The van der Waals surface area contributed by atoms with Gasteiger partial charge in [0.15, 0.2) is 0 Å². The van der Waals surface area contributed by atoms with Crippen molar-refractivity contribution in [2.24, 2.45) is 0 Å². The van der Waals surface area contributed by atoms with Gasteiger partial charge in [-0.15, -0.1) is 0 Å². The molecule has 0 radical (unpaired) electrons. The third-order valence-electron chi connectivity index (χ3n) is 4.54. The van der Waals surface area contributed by atoms with Gasteiger partial charge in [0.2, 0.25) is 0 Å². The van der Waals surface area contributed by atoms with Crippen molar-refractivity contribution < 1.29 is 9.50 Å². The molecule has 2 aromatic rings. The zero-order valence-corrected chi connectivity index (χ0v) is 14.1. The van der Waals surface area contributed by atoms with Crippen molar-refractivity contribution >= 4 is 11.5 Å². The molecular weight excluding hydrogens is 319 g/mol.